The van der Waals surface area contributed by atoms with Gasteiger partial charge < -0.3 is 20.3 Å². The van der Waals surface area contributed by atoms with Gasteiger partial charge in [-0.25, -0.2) is 18.6 Å². The van der Waals surface area contributed by atoms with Crippen LogP contribution in [0.2, 0.25) is 0 Å². The first-order valence-corrected chi connectivity index (χ1v) is 13.4. The monoisotopic (exact) mass is 598 g/mol. The van der Waals surface area contributed by atoms with E-state index in [4.69, 9.17) is 4.74 Å². The van der Waals surface area contributed by atoms with E-state index in [1.807, 2.05) is 0 Å². The molecule has 13 heteroatoms. The third-order valence-corrected chi connectivity index (χ3v) is 6.15. The number of aromatic nitrogens is 1. The van der Waals surface area contributed by atoms with E-state index >= 15 is 0 Å². The molecule has 0 radical (unpaired) electrons. The third-order valence-electron chi connectivity index (χ3n) is 6.15. The molecule has 8 nitrogen and oxygen atoms in total. The first-order valence-electron chi connectivity index (χ1n) is 13.4. The molecule has 3 rings (SSSR count). The molecule has 1 atom stereocenters. The van der Waals surface area contributed by atoms with E-state index in [0.29, 0.717) is 5.56 Å². The van der Waals surface area contributed by atoms with Gasteiger partial charge in [-0.15, -0.1) is 0 Å². The average Bonchev–Trinajstić information content (AvgIpc) is 2.82. The minimum Gasteiger partial charge on any atom is -0.444 e. The summed E-state index contributed by atoms with van der Waals surface area (Å²) >= 11 is 0. The second-order valence-corrected chi connectivity index (χ2v) is 12.2. The maximum Gasteiger partial charge on any atom is 0.434 e. The Morgan fingerprint density at radius 2 is 1.71 bits per heavy atom. The number of hydrogen-bond acceptors (Lipinski definition) is 5. The fraction of sp³-hybridized carbons (Fsp3) is 0.517. The van der Waals surface area contributed by atoms with Crippen molar-refractivity contribution in [2.75, 3.05) is 6.54 Å². The number of carbonyl (C=O) groups is 3. The van der Waals surface area contributed by atoms with Gasteiger partial charge >= 0.3 is 12.3 Å². The number of nitrogens with zero attached hydrogens (tertiary/aromatic N) is 2. The van der Waals surface area contributed by atoms with Crippen LogP contribution in [0.4, 0.5) is 26.7 Å². The van der Waals surface area contributed by atoms with Crippen LogP contribution in [0.15, 0.2) is 24.3 Å². The average molecular weight is 599 g/mol. The zero-order valence-electron chi connectivity index (χ0n) is 24.3. The molecule has 1 aliphatic heterocycles. The largest absolute Gasteiger partial charge is 0.444 e. The summed E-state index contributed by atoms with van der Waals surface area (Å²) in [5.74, 6) is -2.90. The Morgan fingerprint density at radius 3 is 2.31 bits per heavy atom. The van der Waals surface area contributed by atoms with Crippen LogP contribution in [-0.4, -0.2) is 51.5 Å². The number of alkyl halides is 3. The molecule has 2 heterocycles. The summed E-state index contributed by atoms with van der Waals surface area (Å²) in [6.45, 7) is 9.64. The second kappa shape index (κ2) is 12.2. The number of amides is 3. The highest BCUT2D eigenvalue weighted by molar-refractivity contribution is 5.96. The molecule has 0 unspecified atom stereocenters. The lowest BCUT2D eigenvalue weighted by atomic mass is 9.98. The van der Waals surface area contributed by atoms with Crippen molar-refractivity contribution in [2.24, 2.45) is 0 Å². The molecule has 2 aromatic rings. The molecule has 42 heavy (non-hydrogen) atoms. The molecule has 230 valence electrons. The smallest absolute Gasteiger partial charge is 0.434 e. The summed E-state index contributed by atoms with van der Waals surface area (Å²) in [6.07, 6.45) is -6.29. The molecule has 3 amide bonds. The third kappa shape index (κ3) is 9.12. The van der Waals surface area contributed by atoms with Crippen molar-refractivity contribution < 1.29 is 41.1 Å². The van der Waals surface area contributed by atoms with Crippen LogP contribution >= 0.6 is 0 Å². The van der Waals surface area contributed by atoms with Crippen LogP contribution in [0.25, 0.3) is 0 Å². The molecule has 0 saturated heterocycles. The molecular formula is C29H35F5N4O4. The highest BCUT2D eigenvalue weighted by Gasteiger charge is 2.40. The maximum atomic E-state index is 14.4. The van der Waals surface area contributed by atoms with E-state index in [2.05, 4.69) is 15.6 Å². The summed E-state index contributed by atoms with van der Waals surface area (Å²) < 4.78 is 75.2. The number of hydrogen-bond donors (Lipinski definition) is 2. The minimum absolute atomic E-state index is 0.0120. The molecule has 1 aromatic heterocycles. The van der Waals surface area contributed by atoms with Crippen LogP contribution in [0.1, 0.15) is 80.8 Å². The number of fused-ring (bicyclic) bond motifs is 1. The number of pyridine rings is 1. The van der Waals surface area contributed by atoms with Gasteiger partial charge in [0.05, 0.1) is 17.8 Å². The van der Waals surface area contributed by atoms with Crippen molar-refractivity contribution >= 4 is 17.9 Å². The summed E-state index contributed by atoms with van der Waals surface area (Å²) in [7, 11) is 0. The predicted molar refractivity (Wildman–Crippen MR) is 143 cm³/mol. The van der Waals surface area contributed by atoms with E-state index in [-0.39, 0.29) is 43.6 Å². The number of ether oxygens (including phenoxy) is 1. The van der Waals surface area contributed by atoms with Crippen molar-refractivity contribution in [1.82, 2.24) is 20.5 Å². The van der Waals surface area contributed by atoms with E-state index in [1.165, 1.54) is 4.90 Å². The molecular weight excluding hydrogens is 563 g/mol. The molecule has 0 saturated carbocycles. The van der Waals surface area contributed by atoms with Gasteiger partial charge in [-0.1, -0.05) is 0 Å². The highest BCUT2D eigenvalue weighted by atomic mass is 19.4. The number of nitrogens with one attached hydrogen (secondary N) is 2. The predicted octanol–water partition coefficient (Wildman–Crippen LogP) is 5.32. The van der Waals surface area contributed by atoms with E-state index < -0.39 is 64.2 Å². The van der Waals surface area contributed by atoms with Gasteiger partial charge in [-0.3, -0.25) is 9.59 Å². The quantitative estimate of drug-likeness (QED) is 0.439. The van der Waals surface area contributed by atoms with E-state index in [9.17, 15) is 36.3 Å². The van der Waals surface area contributed by atoms with Crippen LogP contribution in [-0.2, 0) is 35.1 Å². The minimum atomic E-state index is -4.93. The van der Waals surface area contributed by atoms with Gasteiger partial charge in [0, 0.05) is 24.5 Å². The van der Waals surface area contributed by atoms with Gasteiger partial charge in [0.15, 0.2) is 5.69 Å². The van der Waals surface area contributed by atoms with Crippen LogP contribution < -0.4 is 10.6 Å². The standard InChI is InChI=1S/C29H35F5N4O4/c1-27(2,3)37-25(40)20-13-16-9-10-38(15-22(16)36-24(20)29(32,33)34)23(39)14-19(35-26(41)42-28(4,5)6)12-17-11-18(30)7-8-21(17)31/h7-8,11,13,19H,9-10,12,14-15H2,1-6H3,(H,35,41)(H,37,40)/t19-/m1/s1. The Balaban J connectivity index is 1.85. The second-order valence-electron chi connectivity index (χ2n) is 12.2. The first-order chi connectivity index (χ1) is 19.2. The fourth-order valence-electron chi connectivity index (χ4n) is 4.43. The zero-order chi connectivity index (χ0) is 31.6. The Kier molecular flexibility index (Phi) is 9.53. The molecule has 0 aliphatic carbocycles. The summed E-state index contributed by atoms with van der Waals surface area (Å²) in [5.41, 5.74) is -3.30. The van der Waals surface area contributed by atoms with Crippen LogP contribution in [0.5, 0.6) is 0 Å². The summed E-state index contributed by atoms with van der Waals surface area (Å²) in [5, 5.41) is 5.04. The van der Waals surface area contributed by atoms with Crippen molar-refractivity contribution in [1.29, 1.82) is 0 Å². The molecule has 1 aromatic carbocycles. The van der Waals surface area contributed by atoms with Crippen molar-refractivity contribution in [2.45, 2.75) is 90.7 Å². The first kappa shape index (κ1) is 32.7. The van der Waals surface area contributed by atoms with Gasteiger partial charge in [0.1, 0.15) is 17.2 Å². The van der Waals surface area contributed by atoms with Gasteiger partial charge in [0.25, 0.3) is 5.91 Å². The van der Waals surface area contributed by atoms with Gasteiger partial charge in [0.2, 0.25) is 5.91 Å². The maximum absolute atomic E-state index is 14.4. The van der Waals surface area contributed by atoms with Crippen molar-refractivity contribution in [3.05, 3.63) is 64.0 Å². The number of rotatable bonds is 6. The van der Waals surface area contributed by atoms with Crippen LogP contribution in [0, 0.1) is 11.6 Å². The van der Waals surface area contributed by atoms with Gasteiger partial charge in [-0.05, 0) is 89.8 Å². The number of carbonyl (C=O) groups excluding carboxylic acids is 3. The normalized spacial score (nSPS) is 14.6. The zero-order valence-corrected chi connectivity index (χ0v) is 24.3. The summed E-state index contributed by atoms with van der Waals surface area (Å²) in [4.78, 5) is 43.5. The lowest BCUT2D eigenvalue weighted by Crippen LogP contribution is -2.45. The topological polar surface area (TPSA) is 101 Å². The molecule has 2 N–H and O–H groups in total. The molecule has 0 bridgehead atoms. The van der Waals surface area contributed by atoms with Gasteiger partial charge in [-0.2, -0.15) is 13.2 Å². The Bertz CT molecular complexity index is 1350. The van der Waals surface area contributed by atoms with E-state index in [0.717, 1.165) is 24.3 Å². The Labute approximate surface area is 241 Å². The van der Waals surface area contributed by atoms with E-state index in [1.54, 1.807) is 41.5 Å². The Hall–Kier alpha value is -3.77. The number of halogens is 5. The van der Waals surface area contributed by atoms with Crippen molar-refractivity contribution in [3.63, 3.8) is 0 Å². The van der Waals surface area contributed by atoms with Crippen molar-refractivity contribution in [3.8, 4) is 0 Å². The number of benzene rings is 1. The summed E-state index contributed by atoms with van der Waals surface area (Å²) in [6, 6.07) is 2.96. The Morgan fingerprint density at radius 1 is 1.05 bits per heavy atom. The lowest BCUT2D eigenvalue weighted by molar-refractivity contribution is -0.141. The fourth-order valence-corrected chi connectivity index (χ4v) is 4.43. The molecule has 0 spiro atoms. The highest BCUT2D eigenvalue weighted by Crippen LogP contribution is 2.33. The van der Waals surface area contributed by atoms with Crippen LogP contribution in [0.3, 0.4) is 0 Å². The lowest BCUT2D eigenvalue weighted by Gasteiger charge is -2.31. The SMILES string of the molecule is CC(C)(C)NC(=O)c1cc2c(nc1C(F)(F)F)CN(C(=O)C[C@@H](Cc1cc(F)ccc1F)NC(=O)OC(C)(C)C)CC2. The number of alkyl carbamates (subject to hydrolysis) is 1. The molecule has 1 aliphatic rings. The molecule has 0 fully saturated rings.